The fourth-order valence-corrected chi connectivity index (χ4v) is 3.24. The number of rotatable bonds is 2. The second-order valence-corrected chi connectivity index (χ2v) is 5.72. The van der Waals surface area contributed by atoms with E-state index in [0.29, 0.717) is 0 Å². The number of aldehydes is 1. The molecule has 2 rings (SSSR count). The molecule has 0 heterocycles. The van der Waals surface area contributed by atoms with E-state index in [1.165, 1.54) is 75.4 Å². The SMILES string of the molecule is O=C/C1=C(\C2=C/CCCCCC2)CCCCCC1. The molecule has 2 aliphatic carbocycles. The molecular weight excluding hydrogens is 220 g/mol. The van der Waals surface area contributed by atoms with Crippen LogP contribution in [0.3, 0.4) is 0 Å². The largest absolute Gasteiger partial charge is 0.298 e. The van der Waals surface area contributed by atoms with Crippen molar-refractivity contribution in [3.63, 3.8) is 0 Å². The van der Waals surface area contributed by atoms with Gasteiger partial charge in [-0.25, -0.2) is 0 Å². The maximum absolute atomic E-state index is 11.3. The first-order chi connectivity index (χ1) is 8.92. The molecule has 18 heavy (non-hydrogen) atoms. The van der Waals surface area contributed by atoms with E-state index in [1.807, 2.05) is 0 Å². The number of allylic oxidation sites excluding steroid dienone is 4. The van der Waals surface area contributed by atoms with E-state index in [-0.39, 0.29) is 0 Å². The molecular formula is C17H26O. The topological polar surface area (TPSA) is 17.1 Å². The van der Waals surface area contributed by atoms with Crippen molar-refractivity contribution in [1.29, 1.82) is 0 Å². The lowest BCUT2D eigenvalue weighted by molar-refractivity contribution is -0.105. The summed E-state index contributed by atoms with van der Waals surface area (Å²) in [7, 11) is 0. The molecule has 2 aliphatic rings. The van der Waals surface area contributed by atoms with E-state index < -0.39 is 0 Å². The zero-order valence-electron chi connectivity index (χ0n) is 11.5. The van der Waals surface area contributed by atoms with Crippen molar-refractivity contribution in [2.75, 3.05) is 0 Å². The molecule has 0 aliphatic heterocycles. The van der Waals surface area contributed by atoms with Gasteiger partial charge in [-0.1, -0.05) is 31.8 Å². The van der Waals surface area contributed by atoms with E-state index in [9.17, 15) is 4.79 Å². The number of carbonyl (C=O) groups excluding carboxylic acids is 1. The minimum Gasteiger partial charge on any atom is -0.298 e. The standard InChI is InChI=1S/C17H26O/c18-14-16-12-8-4-5-9-13-17(16)15-10-6-2-1-3-7-11-15/h10,14H,1-9,11-13H2/b15-10-,17-16-. The van der Waals surface area contributed by atoms with Gasteiger partial charge in [0, 0.05) is 0 Å². The van der Waals surface area contributed by atoms with Gasteiger partial charge in [-0.2, -0.15) is 0 Å². The van der Waals surface area contributed by atoms with Crippen LogP contribution in [-0.2, 0) is 4.79 Å². The Morgan fingerprint density at radius 3 is 2.22 bits per heavy atom. The Bertz CT molecular complexity index is 336. The molecule has 100 valence electrons. The van der Waals surface area contributed by atoms with Crippen molar-refractivity contribution >= 4 is 6.29 Å². The van der Waals surface area contributed by atoms with E-state index in [2.05, 4.69) is 6.08 Å². The van der Waals surface area contributed by atoms with Crippen LogP contribution in [-0.4, -0.2) is 6.29 Å². The van der Waals surface area contributed by atoms with Crippen LogP contribution in [0.15, 0.2) is 22.8 Å². The monoisotopic (exact) mass is 246 g/mol. The van der Waals surface area contributed by atoms with E-state index in [0.717, 1.165) is 24.7 Å². The molecule has 0 aromatic heterocycles. The lowest BCUT2D eigenvalue weighted by Crippen LogP contribution is -2.03. The molecule has 0 atom stereocenters. The van der Waals surface area contributed by atoms with E-state index in [4.69, 9.17) is 0 Å². The van der Waals surface area contributed by atoms with Gasteiger partial charge in [-0.15, -0.1) is 0 Å². The van der Waals surface area contributed by atoms with Crippen LogP contribution >= 0.6 is 0 Å². The van der Waals surface area contributed by atoms with Crippen LogP contribution in [0.1, 0.15) is 77.0 Å². The van der Waals surface area contributed by atoms with Crippen LogP contribution < -0.4 is 0 Å². The molecule has 0 amide bonds. The first-order valence-corrected chi connectivity index (χ1v) is 7.78. The van der Waals surface area contributed by atoms with Crippen LogP contribution in [0.4, 0.5) is 0 Å². The number of carbonyl (C=O) groups is 1. The average Bonchev–Trinajstić information content (AvgIpc) is 2.30. The summed E-state index contributed by atoms with van der Waals surface area (Å²) >= 11 is 0. The molecule has 1 nitrogen and oxygen atoms in total. The predicted octanol–water partition coefficient (Wildman–Crippen LogP) is 5.12. The highest BCUT2D eigenvalue weighted by Crippen LogP contribution is 2.31. The van der Waals surface area contributed by atoms with Crippen molar-refractivity contribution in [3.8, 4) is 0 Å². The molecule has 0 bridgehead atoms. The summed E-state index contributed by atoms with van der Waals surface area (Å²) in [6.45, 7) is 0. The lowest BCUT2D eigenvalue weighted by Gasteiger charge is -2.19. The zero-order chi connectivity index (χ0) is 12.6. The molecule has 0 spiro atoms. The fourth-order valence-electron chi connectivity index (χ4n) is 3.24. The Labute approximate surface area is 111 Å². The smallest absolute Gasteiger partial charge is 0.146 e. The molecule has 0 N–H and O–H groups in total. The third-order valence-electron chi connectivity index (χ3n) is 4.33. The van der Waals surface area contributed by atoms with Crippen molar-refractivity contribution in [2.45, 2.75) is 77.0 Å². The van der Waals surface area contributed by atoms with Gasteiger partial charge in [-0.3, -0.25) is 4.79 Å². The normalized spacial score (nSPS) is 30.3. The third kappa shape index (κ3) is 3.83. The van der Waals surface area contributed by atoms with Gasteiger partial charge in [0.2, 0.25) is 0 Å². The summed E-state index contributed by atoms with van der Waals surface area (Å²) in [5.74, 6) is 0. The highest BCUT2D eigenvalue weighted by Gasteiger charge is 2.14. The minimum atomic E-state index is 1.01. The quantitative estimate of drug-likeness (QED) is 0.618. The van der Waals surface area contributed by atoms with Gasteiger partial charge in [0.15, 0.2) is 0 Å². The highest BCUT2D eigenvalue weighted by atomic mass is 16.1. The van der Waals surface area contributed by atoms with Crippen molar-refractivity contribution in [2.24, 2.45) is 0 Å². The molecule has 0 saturated carbocycles. The second-order valence-electron chi connectivity index (χ2n) is 5.72. The Morgan fingerprint density at radius 1 is 0.778 bits per heavy atom. The zero-order valence-corrected chi connectivity index (χ0v) is 11.5. The Morgan fingerprint density at radius 2 is 1.44 bits per heavy atom. The molecule has 0 aromatic rings. The fraction of sp³-hybridized carbons (Fsp3) is 0.706. The summed E-state index contributed by atoms with van der Waals surface area (Å²) < 4.78 is 0. The number of hydrogen-bond donors (Lipinski definition) is 0. The molecule has 0 aromatic carbocycles. The molecule has 0 saturated heterocycles. The Hall–Kier alpha value is -0.850. The summed E-state index contributed by atoms with van der Waals surface area (Å²) in [4.78, 5) is 11.3. The van der Waals surface area contributed by atoms with E-state index in [1.54, 1.807) is 0 Å². The summed E-state index contributed by atoms with van der Waals surface area (Å²) in [6.07, 6.45) is 18.6. The Kier molecular flexibility index (Phi) is 5.70. The Balaban J connectivity index is 2.20. The van der Waals surface area contributed by atoms with Crippen molar-refractivity contribution < 1.29 is 4.79 Å². The van der Waals surface area contributed by atoms with Crippen LogP contribution in [0.2, 0.25) is 0 Å². The molecule has 0 unspecified atom stereocenters. The summed E-state index contributed by atoms with van der Waals surface area (Å²) in [5.41, 5.74) is 4.05. The first-order valence-electron chi connectivity index (χ1n) is 7.78. The maximum atomic E-state index is 11.3. The van der Waals surface area contributed by atoms with Gasteiger partial charge >= 0.3 is 0 Å². The van der Waals surface area contributed by atoms with Crippen molar-refractivity contribution in [3.05, 3.63) is 22.8 Å². The van der Waals surface area contributed by atoms with Crippen LogP contribution in [0, 0.1) is 0 Å². The second kappa shape index (κ2) is 7.56. The third-order valence-corrected chi connectivity index (χ3v) is 4.33. The highest BCUT2D eigenvalue weighted by molar-refractivity contribution is 5.76. The van der Waals surface area contributed by atoms with Crippen LogP contribution in [0.25, 0.3) is 0 Å². The predicted molar refractivity (Wildman–Crippen MR) is 76.6 cm³/mol. The van der Waals surface area contributed by atoms with Gasteiger partial charge in [0.1, 0.15) is 6.29 Å². The molecule has 0 fully saturated rings. The number of hydrogen-bond acceptors (Lipinski definition) is 1. The van der Waals surface area contributed by atoms with E-state index >= 15 is 0 Å². The average molecular weight is 246 g/mol. The minimum absolute atomic E-state index is 1.01. The van der Waals surface area contributed by atoms with Gasteiger partial charge in [-0.05, 0) is 68.1 Å². The summed E-state index contributed by atoms with van der Waals surface area (Å²) in [6, 6.07) is 0. The molecule has 1 heteroatoms. The summed E-state index contributed by atoms with van der Waals surface area (Å²) in [5, 5.41) is 0. The lowest BCUT2D eigenvalue weighted by atomic mass is 9.86. The maximum Gasteiger partial charge on any atom is 0.146 e. The van der Waals surface area contributed by atoms with Crippen LogP contribution in [0.5, 0.6) is 0 Å². The first kappa shape index (κ1) is 13.6. The van der Waals surface area contributed by atoms with Gasteiger partial charge in [0.25, 0.3) is 0 Å². The van der Waals surface area contributed by atoms with Gasteiger partial charge in [0.05, 0.1) is 0 Å². The van der Waals surface area contributed by atoms with Gasteiger partial charge < -0.3 is 0 Å². The molecule has 0 radical (unpaired) electrons. The van der Waals surface area contributed by atoms with Crippen molar-refractivity contribution in [1.82, 2.24) is 0 Å².